The van der Waals surface area contributed by atoms with Crippen LogP contribution in [-0.2, 0) is 9.59 Å². The number of urea groups is 1. The van der Waals surface area contributed by atoms with Gasteiger partial charge in [0, 0.05) is 10.2 Å². The molecule has 0 saturated carbocycles. The summed E-state index contributed by atoms with van der Waals surface area (Å²) < 4.78 is 0.922. The van der Waals surface area contributed by atoms with E-state index in [1.54, 1.807) is 6.07 Å². The lowest BCUT2D eigenvalue weighted by Crippen LogP contribution is -2.33. The van der Waals surface area contributed by atoms with Gasteiger partial charge in [0.05, 0.1) is 6.42 Å². The number of hydrogen-bond donors (Lipinski definition) is 3. The van der Waals surface area contributed by atoms with Crippen molar-refractivity contribution in [1.82, 2.24) is 10.6 Å². The number of nitrogens with one attached hydrogen (secondary N) is 3. The standard InChI is InChI=1S/C12H12BrN3O3/c1-6-4-7(13)2-3-8(6)14-10(17)5-9-11(18)16-12(19)15-9/h2-4,9H,5H2,1H3,(H,14,17)(H2,15,16,18,19)/t9-/m1/s1. The first-order valence-corrected chi connectivity index (χ1v) is 6.42. The first kappa shape index (κ1) is 13.5. The fourth-order valence-electron chi connectivity index (χ4n) is 1.76. The van der Waals surface area contributed by atoms with E-state index in [0.29, 0.717) is 5.69 Å². The zero-order valence-corrected chi connectivity index (χ0v) is 11.7. The molecule has 1 saturated heterocycles. The molecule has 1 aliphatic heterocycles. The molecule has 3 N–H and O–H groups in total. The van der Waals surface area contributed by atoms with Crippen molar-refractivity contribution >= 4 is 39.5 Å². The Kier molecular flexibility index (Phi) is 3.84. The number of benzene rings is 1. The summed E-state index contributed by atoms with van der Waals surface area (Å²) in [6.07, 6.45) is -0.0902. The van der Waals surface area contributed by atoms with Gasteiger partial charge in [0.15, 0.2) is 0 Å². The van der Waals surface area contributed by atoms with Crippen LogP contribution >= 0.6 is 15.9 Å². The molecule has 0 aromatic heterocycles. The number of carbonyl (C=O) groups is 3. The molecular weight excluding hydrogens is 314 g/mol. The molecule has 1 aromatic carbocycles. The van der Waals surface area contributed by atoms with E-state index in [0.717, 1.165) is 10.0 Å². The van der Waals surface area contributed by atoms with E-state index in [1.165, 1.54) is 0 Å². The minimum Gasteiger partial charge on any atom is -0.326 e. The van der Waals surface area contributed by atoms with Gasteiger partial charge >= 0.3 is 6.03 Å². The summed E-state index contributed by atoms with van der Waals surface area (Å²) in [5.74, 6) is -0.805. The number of rotatable bonds is 3. The molecule has 0 radical (unpaired) electrons. The Hall–Kier alpha value is -1.89. The van der Waals surface area contributed by atoms with Crippen LogP contribution in [0.1, 0.15) is 12.0 Å². The van der Waals surface area contributed by atoms with E-state index < -0.39 is 18.0 Å². The molecule has 1 atom stereocenters. The molecule has 1 heterocycles. The number of carbonyl (C=O) groups excluding carboxylic acids is 3. The van der Waals surface area contributed by atoms with Crippen molar-refractivity contribution in [2.24, 2.45) is 0 Å². The highest BCUT2D eigenvalue weighted by molar-refractivity contribution is 9.10. The minimum absolute atomic E-state index is 0.0902. The summed E-state index contributed by atoms with van der Waals surface area (Å²) in [4.78, 5) is 34.0. The molecule has 4 amide bonds. The highest BCUT2D eigenvalue weighted by atomic mass is 79.9. The van der Waals surface area contributed by atoms with E-state index in [1.807, 2.05) is 19.1 Å². The molecule has 0 unspecified atom stereocenters. The number of halogens is 1. The second-order valence-corrected chi connectivity index (χ2v) is 5.14. The summed E-state index contributed by atoms with van der Waals surface area (Å²) >= 11 is 3.33. The van der Waals surface area contributed by atoms with Crippen LogP contribution in [0, 0.1) is 6.92 Å². The van der Waals surface area contributed by atoms with Gasteiger partial charge in [-0.25, -0.2) is 4.79 Å². The maximum atomic E-state index is 11.8. The molecule has 6 nitrogen and oxygen atoms in total. The van der Waals surface area contributed by atoms with Crippen LogP contribution < -0.4 is 16.0 Å². The van der Waals surface area contributed by atoms with Crippen molar-refractivity contribution in [3.05, 3.63) is 28.2 Å². The zero-order chi connectivity index (χ0) is 14.0. The fourth-order valence-corrected chi connectivity index (χ4v) is 2.23. The maximum absolute atomic E-state index is 11.8. The van der Waals surface area contributed by atoms with E-state index >= 15 is 0 Å². The Morgan fingerprint density at radius 3 is 2.74 bits per heavy atom. The monoisotopic (exact) mass is 325 g/mol. The molecule has 0 aliphatic carbocycles. The maximum Gasteiger partial charge on any atom is 0.322 e. The van der Waals surface area contributed by atoms with E-state index in [2.05, 4.69) is 31.9 Å². The predicted octanol–water partition coefficient (Wildman–Crippen LogP) is 1.29. The quantitative estimate of drug-likeness (QED) is 0.732. The number of anilines is 1. The van der Waals surface area contributed by atoms with Gasteiger partial charge in [-0.05, 0) is 30.7 Å². The number of amides is 4. The van der Waals surface area contributed by atoms with Crippen LogP contribution in [0.2, 0.25) is 0 Å². The number of aryl methyl sites for hydroxylation is 1. The molecule has 1 fully saturated rings. The second kappa shape index (κ2) is 5.40. The van der Waals surface area contributed by atoms with Crippen LogP contribution in [0.3, 0.4) is 0 Å². The van der Waals surface area contributed by atoms with Gasteiger partial charge in [0.2, 0.25) is 5.91 Å². The normalized spacial score (nSPS) is 17.9. The van der Waals surface area contributed by atoms with Crippen molar-refractivity contribution in [3.8, 4) is 0 Å². The molecule has 0 bridgehead atoms. The van der Waals surface area contributed by atoms with Crippen LogP contribution in [0.5, 0.6) is 0 Å². The highest BCUT2D eigenvalue weighted by Gasteiger charge is 2.31. The minimum atomic E-state index is -0.803. The number of imide groups is 1. The topological polar surface area (TPSA) is 87.3 Å². The Morgan fingerprint density at radius 2 is 2.16 bits per heavy atom. The van der Waals surface area contributed by atoms with Crippen molar-refractivity contribution < 1.29 is 14.4 Å². The van der Waals surface area contributed by atoms with Crippen LogP contribution in [0.15, 0.2) is 22.7 Å². The zero-order valence-electron chi connectivity index (χ0n) is 10.1. The molecule has 2 rings (SSSR count). The molecular formula is C12H12BrN3O3. The Bertz CT molecular complexity index is 559. The van der Waals surface area contributed by atoms with E-state index in [9.17, 15) is 14.4 Å². The largest absolute Gasteiger partial charge is 0.326 e. The summed E-state index contributed by atoms with van der Waals surface area (Å²) in [6.45, 7) is 1.87. The SMILES string of the molecule is Cc1cc(Br)ccc1NC(=O)C[C@H]1NC(=O)NC1=O. The van der Waals surface area contributed by atoms with Crippen molar-refractivity contribution in [3.63, 3.8) is 0 Å². The third-order valence-electron chi connectivity index (χ3n) is 2.71. The first-order chi connectivity index (χ1) is 8.95. The van der Waals surface area contributed by atoms with Gasteiger partial charge in [-0.15, -0.1) is 0 Å². The van der Waals surface area contributed by atoms with Crippen LogP contribution in [0.4, 0.5) is 10.5 Å². The van der Waals surface area contributed by atoms with Gasteiger partial charge in [-0.2, -0.15) is 0 Å². The molecule has 19 heavy (non-hydrogen) atoms. The summed E-state index contributed by atoms with van der Waals surface area (Å²) in [5, 5.41) is 7.16. The van der Waals surface area contributed by atoms with Crippen molar-refractivity contribution in [2.45, 2.75) is 19.4 Å². The van der Waals surface area contributed by atoms with Crippen LogP contribution in [0.25, 0.3) is 0 Å². The molecule has 100 valence electrons. The average molecular weight is 326 g/mol. The molecule has 0 spiro atoms. The lowest BCUT2D eigenvalue weighted by atomic mass is 10.1. The Balaban J connectivity index is 1.98. The Morgan fingerprint density at radius 1 is 1.42 bits per heavy atom. The van der Waals surface area contributed by atoms with E-state index in [4.69, 9.17) is 0 Å². The molecule has 7 heteroatoms. The molecule has 1 aliphatic rings. The van der Waals surface area contributed by atoms with Gasteiger partial charge in [0.1, 0.15) is 6.04 Å². The fraction of sp³-hybridized carbons (Fsp3) is 0.250. The third kappa shape index (κ3) is 3.31. The average Bonchev–Trinajstić information content (AvgIpc) is 2.61. The predicted molar refractivity (Wildman–Crippen MR) is 72.6 cm³/mol. The summed E-state index contributed by atoms with van der Waals surface area (Å²) in [5.41, 5.74) is 1.58. The molecule has 1 aromatic rings. The smallest absolute Gasteiger partial charge is 0.322 e. The summed E-state index contributed by atoms with van der Waals surface area (Å²) in [7, 11) is 0. The lowest BCUT2D eigenvalue weighted by Gasteiger charge is -2.10. The van der Waals surface area contributed by atoms with E-state index in [-0.39, 0.29) is 12.3 Å². The van der Waals surface area contributed by atoms with Gasteiger partial charge in [-0.3, -0.25) is 14.9 Å². The van der Waals surface area contributed by atoms with Crippen LogP contribution in [-0.4, -0.2) is 23.9 Å². The second-order valence-electron chi connectivity index (χ2n) is 4.23. The van der Waals surface area contributed by atoms with Crippen molar-refractivity contribution in [1.29, 1.82) is 0 Å². The van der Waals surface area contributed by atoms with Gasteiger partial charge in [-0.1, -0.05) is 15.9 Å². The number of hydrogen-bond acceptors (Lipinski definition) is 3. The van der Waals surface area contributed by atoms with Gasteiger partial charge in [0.25, 0.3) is 5.91 Å². The summed E-state index contributed by atoms with van der Waals surface area (Å²) in [6, 6.07) is 4.09. The van der Waals surface area contributed by atoms with Gasteiger partial charge < -0.3 is 10.6 Å². The highest BCUT2D eigenvalue weighted by Crippen LogP contribution is 2.20. The third-order valence-corrected chi connectivity index (χ3v) is 3.20. The first-order valence-electron chi connectivity index (χ1n) is 5.63. The van der Waals surface area contributed by atoms with Crippen molar-refractivity contribution in [2.75, 3.05) is 5.32 Å². The lowest BCUT2D eigenvalue weighted by molar-refractivity contribution is -0.124. The Labute approximate surface area is 118 Å².